The standard InChI is InChI=1S/C28H37N4O4S/c29-28(35)37-19-7-10-26(33)31-25(27(34)30-15-18-32-16-5-2-6-17-32)20-22-11-13-24(14-12-22)36-21-23-8-3-1-4-9-23/h1,3-4,8-14,25H,2,5-7,15-21H2,(H2,29,35)(H,30,34)(H,31,33). The fourth-order valence-corrected chi connectivity index (χ4v) is 4.57. The normalized spacial score (nSPS) is 14.5. The first-order valence-electron chi connectivity index (χ1n) is 12.8. The Bertz CT molecular complexity index is 981. The maximum absolute atomic E-state index is 13.0. The number of piperidine rings is 1. The van der Waals surface area contributed by atoms with Gasteiger partial charge in [-0.15, -0.1) is 0 Å². The largest absolute Gasteiger partial charge is 0.489 e. The van der Waals surface area contributed by atoms with E-state index in [9.17, 15) is 14.4 Å². The molecule has 0 spiro atoms. The number of nitrogens with zero attached hydrogens (tertiary/aromatic N) is 1. The Hall–Kier alpha value is -3.04. The molecule has 1 saturated heterocycles. The van der Waals surface area contributed by atoms with Crippen LogP contribution in [0.1, 0.15) is 36.8 Å². The van der Waals surface area contributed by atoms with Crippen molar-refractivity contribution in [2.24, 2.45) is 5.73 Å². The Morgan fingerprint density at radius 3 is 2.43 bits per heavy atom. The maximum Gasteiger partial charge on any atom is 0.276 e. The zero-order valence-electron chi connectivity index (χ0n) is 21.2. The van der Waals surface area contributed by atoms with Gasteiger partial charge in [0.25, 0.3) is 5.24 Å². The van der Waals surface area contributed by atoms with E-state index in [1.807, 2.05) is 54.6 Å². The van der Waals surface area contributed by atoms with Crippen LogP contribution < -0.4 is 21.1 Å². The van der Waals surface area contributed by atoms with Gasteiger partial charge in [-0.3, -0.25) is 14.4 Å². The van der Waals surface area contributed by atoms with Gasteiger partial charge in [-0.25, -0.2) is 0 Å². The minimum Gasteiger partial charge on any atom is -0.489 e. The highest BCUT2D eigenvalue weighted by atomic mass is 32.2. The molecule has 4 N–H and O–H groups in total. The third-order valence-corrected chi connectivity index (χ3v) is 6.84. The lowest BCUT2D eigenvalue weighted by Gasteiger charge is -2.27. The summed E-state index contributed by atoms with van der Waals surface area (Å²) >= 11 is 0.961. The summed E-state index contributed by atoms with van der Waals surface area (Å²) in [6, 6.07) is 16.8. The zero-order valence-corrected chi connectivity index (χ0v) is 22.0. The molecule has 3 rings (SSSR count). The number of carbonyl (C=O) groups excluding carboxylic acids is 3. The van der Waals surface area contributed by atoms with Crippen molar-refractivity contribution in [2.75, 3.05) is 31.9 Å². The van der Waals surface area contributed by atoms with Crippen LogP contribution in [0.25, 0.3) is 0 Å². The highest BCUT2D eigenvalue weighted by Gasteiger charge is 2.21. The van der Waals surface area contributed by atoms with Crippen LogP contribution in [0.15, 0.2) is 54.6 Å². The number of primary amides is 1. The predicted octanol–water partition coefficient (Wildman–Crippen LogP) is 3.30. The molecule has 2 aromatic carbocycles. The van der Waals surface area contributed by atoms with Gasteiger partial charge in [0.2, 0.25) is 11.8 Å². The van der Waals surface area contributed by atoms with Crippen LogP contribution in [0.2, 0.25) is 0 Å². The summed E-state index contributed by atoms with van der Waals surface area (Å²) in [6.07, 6.45) is 5.84. The van der Waals surface area contributed by atoms with E-state index >= 15 is 0 Å². The Balaban J connectivity index is 1.53. The summed E-state index contributed by atoms with van der Waals surface area (Å²) < 4.78 is 5.85. The van der Waals surface area contributed by atoms with E-state index in [1.165, 1.54) is 25.7 Å². The smallest absolute Gasteiger partial charge is 0.276 e. The molecule has 3 amide bonds. The van der Waals surface area contributed by atoms with Gasteiger partial charge in [0, 0.05) is 25.3 Å². The van der Waals surface area contributed by atoms with Gasteiger partial charge in [0.1, 0.15) is 18.4 Å². The van der Waals surface area contributed by atoms with Gasteiger partial charge in [-0.05, 0) is 55.6 Å². The minimum absolute atomic E-state index is 0.213. The van der Waals surface area contributed by atoms with Gasteiger partial charge in [0.15, 0.2) is 0 Å². The summed E-state index contributed by atoms with van der Waals surface area (Å²) in [5.41, 5.74) is 7.11. The molecule has 1 aliphatic rings. The van der Waals surface area contributed by atoms with Gasteiger partial charge < -0.3 is 26.0 Å². The number of amides is 3. The first-order chi connectivity index (χ1) is 18.0. The number of nitrogens with two attached hydrogens (primary N) is 1. The second-order valence-electron chi connectivity index (χ2n) is 9.04. The van der Waals surface area contributed by atoms with Crippen molar-refractivity contribution < 1.29 is 19.1 Å². The third-order valence-electron chi connectivity index (χ3n) is 6.11. The summed E-state index contributed by atoms with van der Waals surface area (Å²) in [5.74, 6) is 0.595. The molecule has 199 valence electrons. The first kappa shape index (κ1) is 28.5. The van der Waals surface area contributed by atoms with Crippen LogP contribution in [-0.4, -0.2) is 59.9 Å². The van der Waals surface area contributed by atoms with Gasteiger partial charge in [-0.2, -0.15) is 0 Å². The SMILES string of the molecule is NC(=O)SCC[CH]C(=O)NC(Cc1ccc(OCc2ccccc2)cc1)C(=O)NCCN1CCCCC1. The fourth-order valence-electron chi connectivity index (χ4n) is 4.13. The highest BCUT2D eigenvalue weighted by Crippen LogP contribution is 2.16. The highest BCUT2D eigenvalue weighted by molar-refractivity contribution is 8.13. The molecule has 1 atom stereocenters. The number of hydrogen-bond acceptors (Lipinski definition) is 6. The van der Waals surface area contributed by atoms with Crippen molar-refractivity contribution in [2.45, 2.75) is 44.8 Å². The summed E-state index contributed by atoms with van der Waals surface area (Å²) in [4.78, 5) is 38.7. The van der Waals surface area contributed by atoms with E-state index in [1.54, 1.807) is 0 Å². The molecule has 1 unspecified atom stereocenters. The second kappa shape index (κ2) is 15.9. The molecular formula is C28H37N4O4S. The molecule has 8 nitrogen and oxygen atoms in total. The van der Waals surface area contributed by atoms with Crippen LogP contribution in [-0.2, 0) is 22.6 Å². The molecule has 1 radical (unpaired) electrons. The Morgan fingerprint density at radius 2 is 1.73 bits per heavy atom. The lowest BCUT2D eigenvalue weighted by Crippen LogP contribution is -2.49. The molecule has 0 saturated carbocycles. The quantitative estimate of drug-likeness (QED) is 0.326. The van der Waals surface area contributed by atoms with E-state index in [2.05, 4.69) is 15.5 Å². The van der Waals surface area contributed by atoms with Gasteiger partial charge >= 0.3 is 0 Å². The second-order valence-corrected chi connectivity index (χ2v) is 10.1. The molecular weight excluding hydrogens is 488 g/mol. The van der Waals surface area contributed by atoms with E-state index in [-0.39, 0.29) is 11.8 Å². The minimum atomic E-state index is -0.718. The van der Waals surface area contributed by atoms with Crippen molar-refractivity contribution in [3.63, 3.8) is 0 Å². The number of nitrogens with one attached hydrogen (secondary N) is 2. The molecule has 37 heavy (non-hydrogen) atoms. The lowest BCUT2D eigenvalue weighted by atomic mass is 10.0. The number of hydrogen-bond donors (Lipinski definition) is 3. The zero-order chi connectivity index (χ0) is 26.3. The van der Waals surface area contributed by atoms with E-state index in [0.29, 0.717) is 31.7 Å². The number of rotatable bonds is 14. The summed E-state index contributed by atoms with van der Waals surface area (Å²) in [7, 11) is 0. The van der Waals surface area contributed by atoms with Crippen LogP contribution in [0.5, 0.6) is 5.75 Å². The fraction of sp³-hybridized carbons (Fsp3) is 0.429. The maximum atomic E-state index is 13.0. The lowest BCUT2D eigenvalue weighted by molar-refractivity contribution is -0.127. The van der Waals surface area contributed by atoms with E-state index < -0.39 is 11.3 Å². The van der Waals surface area contributed by atoms with E-state index in [0.717, 1.165) is 48.3 Å². The number of ether oxygens (including phenoxy) is 1. The summed E-state index contributed by atoms with van der Waals surface area (Å²) in [6.45, 7) is 3.94. The molecule has 1 fully saturated rings. The van der Waals surface area contributed by atoms with Crippen LogP contribution in [0.4, 0.5) is 4.79 Å². The molecule has 2 aromatic rings. The molecule has 0 aliphatic carbocycles. The Labute approximate surface area is 223 Å². The van der Waals surface area contributed by atoms with Gasteiger partial charge in [0.05, 0.1) is 6.42 Å². The van der Waals surface area contributed by atoms with Crippen LogP contribution >= 0.6 is 11.8 Å². The van der Waals surface area contributed by atoms with E-state index in [4.69, 9.17) is 10.5 Å². The number of likely N-dealkylation sites (tertiary alicyclic amines) is 1. The molecule has 1 aliphatic heterocycles. The average Bonchev–Trinajstić information content (AvgIpc) is 2.91. The van der Waals surface area contributed by atoms with Gasteiger partial charge in [-0.1, -0.05) is 60.6 Å². The third kappa shape index (κ3) is 11.3. The first-order valence-corrected chi connectivity index (χ1v) is 13.8. The molecule has 9 heteroatoms. The van der Waals surface area contributed by atoms with Crippen molar-refractivity contribution in [1.29, 1.82) is 0 Å². The Kier molecular flexibility index (Phi) is 12.3. The number of thioether (sulfide) groups is 1. The molecule has 0 aromatic heterocycles. The summed E-state index contributed by atoms with van der Waals surface area (Å²) in [5, 5.41) is 5.34. The average molecular weight is 526 g/mol. The van der Waals surface area contributed by atoms with Crippen molar-refractivity contribution in [3.8, 4) is 5.75 Å². The predicted molar refractivity (Wildman–Crippen MR) is 147 cm³/mol. The molecule has 0 bridgehead atoms. The Morgan fingerprint density at radius 1 is 1.00 bits per heavy atom. The number of benzene rings is 2. The van der Waals surface area contributed by atoms with Crippen molar-refractivity contribution in [3.05, 3.63) is 72.1 Å². The van der Waals surface area contributed by atoms with Crippen LogP contribution in [0, 0.1) is 6.42 Å². The topological polar surface area (TPSA) is 114 Å². The number of carbonyl (C=O) groups is 3. The van der Waals surface area contributed by atoms with Crippen molar-refractivity contribution in [1.82, 2.24) is 15.5 Å². The molecule has 1 heterocycles. The van der Waals surface area contributed by atoms with Crippen LogP contribution in [0.3, 0.4) is 0 Å². The monoisotopic (exact) mass is 525 g/mol. The van der Waals surface area contributed by atoms with Crippen molar-refractivity contribution >= 4 is 28.8 Å².